The summed E-state index contributed by atoms with van der Waals surface area (Å²) in [4.78, 5) is 14.6. The lowest BCUT2D eigenvalue weighted by molar-refractivity contribution is 0.0679. The predicted octanol–water partition coefficient (Wildman–Crippen LogP) is 4.32. The van der Waals surface area contributed by atoms with E-state index in [1.54, 1.807) is 0 Å². The molecule has 3 nitrogen and oxygen atoms in total. The van der Waals surface area contributed by atoms with Gasteiger partial charge in [-0.2, -0.15) is 0 Å². The van der Waals surface area contributed by atoms with Crippen molar-refractivity contribution in [3.05, 3.63) is 65.7 Å². The highest BCUT2D eigenvalue weighted by Crippen LogP contribution is 2.23. The molecule has 3 rings (SSSR count). The van der Waals surface area contributed by atoms with Crippen LogP contribution in [0.2, 0.25) is 0 Å². The van der Waals surface area contributed by atoms with Crippen molar-refractivity contribution in [3.8, 4) is 5.75 Å². The molecule has 1 amide bonds. The molecule has 1 aliphatic rings. The minimum Gasteiger partial charge on any atom is -0.494 e. The van der Waals surface area contributed by atoms with Crippen molar-refractivity contribution >= 4 is 5.91 Å². The summed E-state index contributed by atoms with van der Waals surface area (Å²) < 4.78 is 5.79. The van der Waals surface area contributed by atoms with Crippen LogP contribution in [-0.4, -0.2) is 30.5 Å². The maximum atomic E-state index is 12.6. The number of carbonyl (C=O) groups is 1. The van der Waals surface area contributed by atoms with E-state index >= 15 is 0 Å². The lowest BCUT2D eigenvalue weighted by Gasteiger charge is -2.32. The van der Waals surface area contributed by atoms with Gasteiger partial charge in [-0.05, 0) is 55.9 Å². The standard InChI is InChI=1S/C21H25NO2/c1-17-7-5-6-10-20(17)21(23)22-14-11-18(12-15-22)13-16-24-19-8-3-2-4-9-19/h2-10,18H,11-16H2,1H3. The number of para-hydroxylation sites is 1. The molecule has 1 aliphatic heterocycles. The van der Waals surface area contributed by atoms with Gasteiger partial charge in [-0.3, -0.25) is 4.79 Å². The number of ether oxygens (including phenoxy) is 1. The average Bonchev–Trinajstić information content (AvgIpc) is 2.63. The molecule has 0 unspecified atom stereocenters. The summed E-state index contributed by atoms with van der Waals surface area (Å²) in [6, 6.07) is 17.8. The van der Waals surface area contributed by atoms with Gasteiger partial charge in [0.2, 0.25) is 0 Å². The van der Waals surface area contributed by atoms with Gasteiger partial charge in [0, 0.05) is 18.7 Å². The zero-order valence-corrected chi connectivity index (χ0v) is 14.3. The van der Waals surface area contributed by atoms with Crippen LogP contribution in [0.25, 0.3) is 0 Å². The smallest absolute Gasteiger partial charge is 0.254 e. The van der Waals surface area contributed by atoms with E-state index in [-0.39, 0.29) is 5.91 Å². The highest BCUT2D eigenvalue weighted by Gasteiger charge is 2.24. The summed E-state index contributed by atoms with van der Waals surface area (Å²) in [5, 5.41) is 0. The maximum Gasteiger partial charge on any atom is 0.254 e. The Morgan fingerprint density at radius 1 is 1.04 bits per heavy atom. The molecule has 0 N–H and O–H groups in total. The highest BCUT2D eigenvalue weighted by atomic mass is 16.5. The largest absolute Gasteiger partial charge is 0.494 e. The number of rotatable bonds is 5. The van der Waals surface area contributed by atoms with Crippen LogP contribution in [0.5, 0.6) is 5.75 Å². The van der Waals surface area contributed by atoms with Crippen LogP contribution < -0.4 is 4.74 Å². The zero-order chi connectivity index (χ0) is 16.8. The van der Waals surface area contributed by atoms with Crippen LogP contribution in [0.1, 0.15) is 35.2 Å². The van der Waals surface area contributed by atoms with E-state index in [4.69, 9.17) is 4.74 Å². The lowest BCUT2D eigenvalue weighted by Crippen LogP contribution is -2.39. The van der Waals surface area contributed by atoms with Gasteiger partial charge in [-0.15, -0.1) is 0 Å². The molecule has 0 radical (unpaired) electrons. The molecular formula is C21H25NO2. The summed E-state index contributed by atoms with van der Waals surface area (Å²) in [6.07, 6.45) is 3.19. The van der Waals surface area contributed by atoms with Crippen molar-refractivity contribution in [2.75, 3.05) is 19.7 Å². The lowest BCUT2D eigenvalue weighted by atomic mass is 9.93. The number of aryl methyl sites for hydroxylation is 1. The van der Waals surface area contributed by atoms with Gasteiger partial charge in [-0.1, -0.05) is 36.4 Å². The SMILES string of the molecule is Cc1ccccc1C(=O)N1CCC(CCOc2ccccc2)CC1. The molecule has 0 bridgehead atoms. The average molecular weight is 323 g/mol. The number of nitrogens with zero attached hydrogens (tertiary/aromatic N) is 1. The van der Waals surface area contributed by atoms with E-state index < -0.39 is 0 Å². The molecule has 1 fully saturated rings. The van der Waals surface area contributed by atoms with Crippen LogP contribution in [0.15, 0.2) is 54.6 Å². The molecule has 0 saturated carbocycles. The Bertz CT molecular complexity index is 661. The second-order valence-corrected chi connectivity index (χ2v) is 6.50. The fraction of sp³-hybridized carbons (Fsp3) is 0.381. The normalized spacial score (nSPS) is 15.3. The minimum absolute atomic E-state index is 0.173. The topological polar surface area (TPSA) is 29.5 Å². The van der Waals surface area contributed by atoms with Crippen LogP contribution in [0.4, 0.5) is 0 Å². The third-order valence-corrected chi connectivity index (χ3v) is 4.82. The van der Waals surface area contributed by atoms with E-state index in [9.17, 15) is 4.79 Å². The third kappa shape index (κ3) is 4.16. The van der Waals surface area contributed by atoms with Crippen molar-refractivity contribution in [2.24, 2.45) is 5.92 Å². The Hall–Kier alpha value is -2.29. The Morgan fingerprint density at radius 2 is 1.71 bits per heavy atom. The van der Waals surface area contributed by atoms with Crippen LogP contribution in [0, 0.1) is 12.8 Å². The van der Waals surface area contributed by atoms with Gasteiger partial charge in [0.25, 0.3) is 5.91 Å². The summed E-state index contributed by atoms with van der Waals surface area (Å²) in [6.45, 7) is 4.45. The van der Waals surface area contributed by atoms with Gasteiger partial charge in [0.1, 0.15) is 5.75 Å². The fourth-order valence-electron chi connectivity index (χ4n) is 3.27. The van der Waals surface area contributed by atoms with E-state index in [0.717, 1.165) is 55.8 Å². The van der Waals surface area contributed by atoms with Gasteiger partial charge in [0.05, 0.1) is 6.61 Å². The first-order valence-electron chi connectivity index (χ1n) is 8.77. The van der Waals surface area contributed by atoms with Crippen molar-refractivity contribution < 1.29 is 9.53 Å². The van der Waals surface area contributed by atoms with Gasteiger partial charge in [0.15, 0.2) is 0 Å². The molecule has 0 aliphatic carbocycles. The Morgan fingerprint density at radius 3 is 2.42 bits per heavy atom. The predicted molar refractivity (Wildman–Crippen MR) is 96.4 cm³/mol. The van der Waals surface area contributed by atoms with Gasteiger partial charge in [-0.25, -0.2) is 0 Å². The van der Waals surface area contributed by atoms with Crippen molar-refractivity contribution in [2.45, 2.75) is 26.2 Å². The van der Waals surface area contributed by atoms with Gasteiger partial charge >= 0.3 is 0 Å². The molecule has 3 heteroatoms. The maximum absolute atomic E-state index is 12.6. The first-order chi connectivity index (χ1) is 11.7. The van der Waals surface area contributed by atoms with Crippen molar-refractivity contribution in [3.63, 3.8) is 0 Å². The number of amides is 1. The molecule has 0 atom stereocenters. The first-order valence-corrected chi connectivity index (χ1v) is 8.77. The third-order valence-electron chi connectivity index (χ3n) is 4.82. The van der Waals surface area contributed by atoms with Gasteiger partial charge < -0.3 is 9.64 Å². The van der Waals surface area contributed by atoms with Crippen LogP contribution in [0.3, 0.4) is 0 Å². The summed E-state index contributed by atoms with van der Waals surface area (Å²) >= 11 is 0. The molecule has 1 heterocycles. The second kappa shape index (κ2) is 8.00. The number of benzene rings is 2. The number of piperidine rings is 1. The number of hydrogen-bond donors (Lipinski definition) is 0. The van der Waals surface area contributed by atoms with Crippen molar-refractivity contribution in [1.29, 1.82) is 0 Å². The summed E-state index contributed by atoms with van der Waals surface area (Å²) in [5.41, 5.74) is 1.89. The second-order valence-electron chi connectivity index (χ2n) is 6.50. The summed E-state index contributed by atoms with van der Waals surface area (Å²) in [5.74, 6) is 1.76. The molecule has 2 aromatic carbocycles. The quantitative estimate of drug-likeness (QED) is 0.820. The fourth-order valence-corrected chi connectivity index (χ4v) is 3.27. The molecule has 24 heavy (non-hydrogen) atoms. The Balaban J connectivity index is 1.44. The molecule has 2 aromatic rings. The van der Waals surface area contributed by atoms with Crippen molar-refractivity contribution in [1.82, 2.24) is 4.90 Å². The van der Waals surface area contributed by atoms with E-state index in [2.05, 4.69) is 0 Å². The molecule has 0 aromatic heterocycles. The number of likely N-dealkylation sites (tertiary alicyclic amines) is 1. The van der Waals surface area contributed by atoms with E-state index in [1.807, 2.05) is 66.4 Å². The molecule has 1 saturated heterocycles. The van der Waals surface area contributed by atoms with Crippen LogP contribution >= 0.6 is 0 Å². The minimum atomic E-state index is 0.173. The highest BCUT2D eigenvalue weighted by molar-refractivity contribution is 5.95. The summed E-state index contributed by atoms with van der Waals surface area (Å²) in [7, 11) is 0. The Kier molecular flexibility index (Phi) is 5.52. The zero-order valence-electron chi connectivity index (χ0n) is 14.3. The Labute approximate surface area is 144 Å². The van der Waals surface area contributed by atoms with Crippen LogP contribution in [-0.2, 0) is 0 Å². The first kappa shape index (κ1) is 16.6. The number of carbonyl (C=O) groups excluding carboxylic acids is 1. The molecule has 126 valence electrons. The van der Waals surface area contributed by atoms with E-state index in [1.165, 1.54) is 0 Å². The van der Waals surface area contributed by atoms with E-state index in [0.29, 0.717) is 5.92 Å². The molecular weight excluding hydrogens is 298 g/mol. The monoisotopic (exact) mass is 323 g/mol. The molecule has 0 spiro atoms. The number of hydrogen-bond acceptors (Lipinski definition) is 2.